The number of hydrogen-bond donors (Lipinski definition) is 1. The van der Waals surface area contributed by atoms with Crippen LogP contribution in [0.3, 0.4) is 0 Å². The Balaban J connectivity index is 1.91. The number of thioether (sulfide) groups is 1. The van der Waals surface area contributed by atoms with E-state index in [0.29, 0.717) is 0 Å². The number of benzene rings is 1. The largest absolute Gasteiger partial charge is 0.331 e. The SMILES string of the molecule is O=C(Nc1cccc(Cl)c1SC(F)F)C1=CC=CN2CCS(=O)(=O)N=C12. The van der Waals surface area contributed by atoms with Gasteiger partial charge in [0, 0.05) is 12.7 Å². The summed E-state index contributed by atoms with van der Waals surface area (Å²) in [4.78, 5) is 14.2. The summed E-state index contributed by atoms with van der Waals surface area (Å²) in [5.41, 5.74) is 0.123. The molecule has 0 fully saturated rings. The molecule has 26 heavy (non-hydrogen) atoms. The van der Waals surface area contributed by atoms with Gasteiger partial charge in [-0.1, -0.05) is 29.4 Å². The highest BCUT2D eigenvalue weighted by atomic mass is 35.5. The van der Waals surface area contributed by atoms with E-state index >= 15 is 0 Å². The van der Waals surface area contributed by atoms with Crippen molar-refractivity contribution in [2.75, 3.05) is 17.6 Å². The molecule has 2 aliphatic heterocycles. The van der Waals surface area contributed by atoms with Gasteiger partial charge >= 0.3 is 0 Å². The molecule has 0 bridgehead atoms. The molecule has 11 heteroatoms. The van der Waals surface area contributed by atoms with E-state index in [1.165, 1.54) is 24.3 Å². The van der Waals surface area contributed by atoms with Crippen molar-refractivity contribution in [3.63, 3.8) is 0 Å². The van der Waals surface area contributed by atoms with E-state index in [-0.39, 0.29) is 51.1 Å². The number of alkyl halides is 2. The summed E-state index contributed by atoms with van der Waals surface area (Å²) in [6.45, 7) is 0.173. The lowest BCUT2D eigenvalue weighted by Crippen LogP contribution is -2.40. The number of nitrogens with one attached hydrogen (secondary N) is 1. The highest BCUT2D eigenvalue weighted by molar-refractivity contribution is 7.99. The molecule has 0 atom stereocenters. The van der Waals surface area contributed by atoms with Crippen LogP contribution in [0.4, 0.5) is 14.5 Å². The molecule has 3 rings (SSSR count). The molecule has 2 aliphatic rings. The lowest BCUT2D eigenvalue weighted by Gasteiger charge is -2.28. The van der Waals surface area contributed by atoms with Crippen molar-refractivity contribution >= 4 is 50.8 Å². The first kappa shape index (κ1) is 18.9. The summed E-state index contributed by atoms with van der Waals surface area (Å²) in [6.07, 6.45) is 4.61. The van der Waals surface area contributed by atoms with E-state index in [2.05, 4.69) is 9.71 Å². The van der Waals surface area contributed by atoms with Gasteiger partial charge < -0.3 is 10.2 Å². The molecular formula is C15H12ClF2N3O3S2. The van der Waals surface area contributed by atoms with E-state index in [9.17, 15) is 22.0 Å². The van der Waals surface area contributed by atoms with Crippen molar-refractivity contribution < 1.29 is 22.0 Å². The van der Waals surface area contributed by atoms with Crippen LogP contribution in [0.25, 0.3) is 0 Å². The van der Waals surface area contributed by atoms with Crippen molar-refractivity contribution in [1.29, 1.82) is 0 Å². The first-order valence-corrected chi connectivity index (χ1v) is 10.2. The van der Waals surface area contributed by atoms with Gasteiger partial charge in [-0.3, -0.25) is 4.79 Å². The molecule has 1 aromatic rings. The molecule has 1 aromatic carbocycles. The van der Waals surface area contributed by atoms with Crippen molar-refractivity contribution in [1.82, 2.24) is 4.90 Å². The van der Waals surface area contributed by atoms with E-state index in [4.69, 9.17) is 11.6 Å². The summed E-state index contributed by atoms with van der Waals surface area (Å²) in [7, 11) is -3.66. The van der Waals surface area contributed by atoms with E-state index in [1.807, 2.05) is 0 Å². The van der Waals surface area contributed by atoms with Crippen molar-refractivity contribution in [2.45, 2.75) is 10.7 Å². The topological polar surface area (TPSA) is 78.8 Å². The second-order valence-corrected chi connectivity index (χ2v) is 8.43. The van der Waals surface area contributed by atoms with Crippen LogP contribution in [-0.4, -0.2) is 43.1 Å². The Bertz CT molecular complexity index is 945. The molecule has 138 valence electrons. The summed E-state index contributed by atoms with van der Waals surface area (Å²) in [5, 5.41) is 2.58. The average molecular weight is 420 g/mol. The van der Waals surface area contributed by atoms with Crippen molar-refractivity contribution in [3.8, 4) is 0 Å². The van der Waals surface area contributed by atoms with Crippen LogP contribution < -0.4 is 5.32 Å². The van der Waals surface area contributed by atoms with Crippen LogP contribution in [0.1, 0.15) is 0 Å². The van der Waals surface area contributed by atoms with Gasteiger partial charge in [0.05, 0.1) is 26.9 Å². The number of amides is 1. The molecule has 0 saturated carbocycles. The Labute approximate surface area is 157 Å². The normalized spacial score (nSPS) is 18.2. The Morgan fingerprint density at radius 3 is 2.88 bits per heavy atom. The molecule has 2 heterocycles. The first-order valence-electron chi connectivity index (χ1n) is 7.29. The fourth-order valence-electron chi connectivity index (χ4n) is 2.40. The Morgan fingerprint density at radius 2 is 2.15 bits per heavy atom. The Morgan fingerprint density at radius 1 is 1.38 bits per heavy atom. The molecule has 1 N–H and O–H groups in total. The Kier molecular flexibility index (Phi) is 5.35. The number of fused-ring (bicyclic) bond motifs is 1. The van der Waals surface area contributed by atoms with Crippen LogP contribution >= 0.6 is 23.4 Å². The number of hydrogen-bond acceptors (Lipinski definition) is 5. The number of amidine groups is 1. The number of sulfonamides is 1. The maximum atomic E-state index is 12.8. The molecule has 0 unspecified atom stereocenters. The number of carbonyl (C=O) groups is 1. The number of halogens is 3. The summed E-state index contributed by atoms with van der Waals surface area (Å²) in [5.74, 6) is -3.54. The highest BCUT2D eigenvalue weighted by Crippen LogP contribution is 2.37. The van der Waals surface area contributed by atoms with Crippen LogP contribution in [0.5, 0.6) is 0 Å². The summed E-state index contributed by atoms with van der Waals surface area (Å²) < 4.78 is 52.7. The zero-order valence-corrected chi connectivity index (χ0v) is 15.4. The van der Waals surface area contributed by atoms with E-state index in [0.717, 1.165) is 0 Å². The fourth-order valence-corrected chi connectivity index (χ4v) is 4.30. The predicted octanol–water partition coefficient (Wildman–Crippen LogP) is 3.09. The van der Waals surface area contributed by atoms with E-state index in [1.54, 1.807) is 17.2 Å². The third kappa shape index (κ3) is 4.08. The third-order valence-electron chi connectivity index (χ3n) is 3.52. The maximum absolute atomic E-state index is 12.8. The lowest BCUT2D eigenvalue weighted by molar-refractivity contribution is -0.112. The fraction of sp³-hybridized carbons (Fsp3) is 0.200. The third-order valence-corrected chi connectivity index (χ3v) is 5.95. The number of carbonyl (C=O) groups excluding carboxylic acids is 1. The molecule has 0 aromatic heterocycles. The van der Waals surface area contributed by atoms with Gasteiger partial charge in [-0.2, -0.15) is 8.78 Å². The molecule has 1 amide bonds. The second-order valence-electron chi connectivity index (χ2n) is 5.27. The van der Waals surface area contributed by atoms with Gasteiger partial charge in [-0.05, 0) is 24.3 Å². The molecule has 0 saturated heterocycles. The maximum Gasteiger partial charge on any atom is 0.289 e. The van der Waals surface area contributed by atoms with Gasteiger partial charge in [0.15, 0.2) is 5.84 Å². The number of rotatable bonds is 4. The highest BCUT2D eigenvalue weighted by Gasteiger charge is 2.30. The van der Waals surface area contributed by atoms with Gasteiger partial charge in [0.1, 0.15) is 0 Å². The minimum Gasteiger partial charge on any atom is -0.331 e. The second kappa shape index (κ2) is 7.37. The van der Waals surface area contributed by atoms with E-state index < -0.39 is 21.7 Å². The number of anilines is 1. The lowest BCUT2D eigenvalue weighted by atomic mass is 10.1. The van der Waals surface area contributed by atoms with Gasteiger partial charge in [-0.15, -0.1) is 4.40 Å². The van der Waals surface area contributed by atoms with Gasteiger partial charge in [0.25, 0.3) is 21.7 Å². The first-order chi connectivity index (χ1) is 12.3. The zero-order chi connectivity index (χ0) is 18.9. The Hall–Kier alpha value is -1.91. The van der Waals surface area contributed by atoms with Crippen molar-refractivity contribution in [3.05, 3.63) is 47.1 Å². The van der Waals surface area contributed by atoms with Gasteiger partial charge in [0.2, 0.25) is 0 Å². The summed E-state index contributed by atoms with van der Waals surface area (Å²) >= 11 is 6.16. The van der Waals surface area contributed by atoms with Crippen LogP contribution in [0.15, 0.2) is 51.4 Å². The quantitative estimate of drug-likeness (QED) is 0.759. The number of nitrogens with zero attached hydrogens (tertiary/aromatic N) is 2. The van der Waals surface area contributed by atoms with Crippen LogP contribution in [0, 0.1) is 0 Å². The minimum absolute atomic E-state index is 0.00124. The molecular weight excluding hydrogens is 408 g/mol. The van der Waals surface area contributed by atoms with Crippen LogP contribution in [-0.2, 0) is 14.8 Å². The predicted molar refractivity (Wildman–Crippen MR) is 97.1 cm³/mol. The average Bonchev–Trinajstić information content (AvgIpc) is 2.56. The number of allylic oxidation sites excluding steroid dienone is 2. The van der Waals surface area contributed by atoms with Crippen molar-refractivity contribution in [2.24, 2.45) is 4.40 Å². The minimum atomic E-state index is -3.66. The summed E-state index contributed by atoms with van der Waals surface area (Å²) in [6, 6.07) is 4.38. The van der Waals surface area contributed by atoms with Crippen LogP contribution in [0.2, 0.25) is 5.02 Å². The molecule has 0 spiro atoms. The monoisotopic (exact) mass is 419 g/mol. The molecule has 6 nitrogen and oxygen atoms in total. The molecule has 0 aliphatic carbocycles. The molecule has 0 radical (unpaired) electrons. The zero-order valence-electron chi connectivity index (χ0n) is 13.0. The standard InChI is InChI=1S/C15H12ClF2N3O3S2/c16-10-4-1-5-11(12(10)25-15(17)18)19-14(22)9-3-2-6-21-7-8-26(23,24)20-13(9)21/h1-6,15H,7-8H2,(H,19,22). The smallest absolute Gasteiger partial charge is 0.289 e. The van der Waals surface area contributed by atoms with Gasteiger partial charge in [-0.25, -0.2) is 8.42 Å².